The Morgan fingerprint density at radius 1 is 1.15 bits per heavy atom. The summed E-state index contributed by atoms with van der Waals surface area (Å²) in [7, 11) is 2.94. The van der Waals surface area contributed by atoms with Crippen molar-refractivity contribution in [3.63, 3.8) is 0 Å². The lowest BCUT2D eigenvalue weighted by molar-refractivity contribution is -0.148. The van der Waals surface area contributed by atoms with Gasteiger partial charge in [-0.3, -0.25) is 9.59 Å². The van der Waals surface area contributed by atoms with Gasteiger partial charge in [0.25, 0.3) is 5.91 Å². The van der Waals surface area contributed by atoms with Crippen LogP contribution < -0.4 is 14.8 Å². The van der Waals surface area contributed by atoms with Crippen molar-refractivity contribution in [2.24, 2.45) is 0 Å². The molecule has 0 aliphatic carbocycles. The monoisotopic (exact) mass is 474 g/mol. The number of likely N-dealkylation sites (N-methyl/N-ethyl adjacent to an activating group) is 1. The molecule has 8 nitrogen and oxygen atoms in total. The Labute approximate surface area is 198 Å². The topological polar surface area (TPSA) is 94.2 Å². The number of hydrogen-bond donors (Lipinski definition) is 1. The summed E-state index contributed by atoms with van der Waals surface area (Å²) in [5.74, 6) is -0.741. The molecule has 9 heteroatoms. The maximum atomic E-state index is 12.2. The lowest BCUT2D eigenvalue weighted by Gasteiger charge is -2.16. The molecule has 2 amide bonds. The average molecular weight is 475 g/mol. The first-order chi connectivity index (χ1) is 15.7. The first-order valence-electron chi connectivity index (χ1n) is 10.2. The third kappa shape index (κ3) is 8.16. The van der Waals surface area contributed by atoms with Crippen LogP contribution >= 0.6 is 11.6 Å². The highest BCUT2D eigenvalue weighted by Crippen LogP contribution is 2.36. The zero-order valence-corrected chi connectivity index (χ0v) is 19.8. The van der Waals surface area contributed by atoms with Gasteiger partial charge in [0.2, 0.25) is 5.91 Å². The van der Waals surface area contributed by atoms with Crippen LogP contribution in [0.4, 0.5) is 5.69 Å². The van der Waals surface area contributed by atoms with Crippen LogP contribution in [0, 0.1) is 6.92 Å². The number of ether oxygens (including phenoxy) is 3. The molecular weight excluding hydrogens is 448 g/mol. The molecule has 2 aromatic carbocycles. The first kappa shape index (κ1) is 25.7. The van der Waals surface area contributed by atoms with Gasteiger partial charge in [0.05, 0.1) is 25.3 Å². The van der Waals surface area contributed by atoms with E-state index in [0.29, 0.717) is 34.4 Å². The number of carbonyl (C=O) groups is 3. The Morgan fingerprint density at radius 3 is 2.48 bits per heavy atom. The minimum Gasteiger partial charge on any atom is -0.491 e. The van der Waals surface area contributed by atoms with Gasteiger partial charge in [-0.15, -0.1) is 0 Å². The Kier molecular flexibility index (Phi) is 9.75. The molecule has 2 aromatic rings. The maximum Gasteiger partial charge on any atom is 0.331 e. The Hall–Kier alpha value is -3.52. The van der Waals surface area contributed by atoms with Gasteiger partial charge in [-0.05, 0) is 49.8 Å². The maximum absolute atomic E-state index is 12.2. The zero-order valence-electron chi connectivity index (χ0n) is 19.0. The molecule has 0 radical (unpaired) electrons. The molecule has 0 fully saturated rings. The summed E-state index contributed by atoms with van der Waals surface area (Å²) in [6.07, 6.45) is 2.66. The summed E-state index contributed by atoms with van der Waals surface area (Å²) in [6.45, 7) is 3.52. The molecule has 0 aliphatic rings. The minimum atomic E-state index is -0.717. The average Bonchev–Trinajstić information content (AvgIpc) is 2.77. The molecule has 176 valence electrons. The summed E-state index contributed by atoms with van der Waals surface area (Å²) in [5, 5.41) is 3.03. The standard InChI is InChI=1S/C24H27ClN2O6/c1-5-32-20-13-17(12-19(25)24(20)31-4)8-11-23(30)33-15-22(29)27(3)14-21(28)26-18-9-6-16(2)7-10-18/h6-13H,5,14-15H2,1-4H3,(H,26,28)/b11-8+. The Morgan fingerprint density at radius 2 is 1.85 bits per heavy atom. The first-order valence-corrected chi connectivity index (χ1v) is 10.6. The van der Waals surface area contributed by atoms with Gasteiger partial charge in [-0.25, -0.2) is 4.79 Å². The number of esters is 1. The van der Waals surface area contributed by atoms with Crippen molar-refractivity contribution in [1.82, 2.24) is 4.90 Å². The number of nitrogens with one attached hydrogen (secondary N) is 1. The number of halogens is 1. The lowest BCUT2D eigenvalue weighted by atomic mass is 10.2. The summed E-state index contributed by atoms with van der Waals surface area (Å²) in [5.41, 5.74) is 2.30. The lowest BCUT2D eigenvalue weighted by Crippen LogP contribution is -2.37. The highest BCUT2D eigenvalue weighted by molar-refractivity contribution is 6.32. The molecule has 0 aromatic heterocycles. The van der Waals surface area contributed by atoms with Crippen LogP contribution in [0.3, 0.4) is 0 Å². The molecule has 0 unspecified atom stereocenters. The highest BCUT2D eigenvalue weighted by Gasteiger charge is 2.15. The smallest absolute Gasteiger partial charge is 0.331 e. The van der Waals surface area contributed by atoms with E-state index < -0.39 is 18.5 Å². The molecule has 0 heterocycles. The predicted molar refractivity (Wildman–Crippen MR) is 127 cm³/mol. The number of nitrogens with zero attached hydrogens (tertiary/aromatic N) is 1. The number of aryl methyl sites for hydroxylation is 1. The van der Waals surface area contributed by atoms with E-state index in [9.17, 15) is 14.4 Å². The van der Waals surface area contributed by atoms with Crippen LogP contribution in [0.2, 0.25) is 5.02 Å². The number of benzene rings is 2. The van der Waals surface area contributed by atoms with Gasteiger partial charge in [0.15, 0.2) is 18.1 Å². The largest absolute Gasteiger partial charge is 0.491 e. The number of rotatable bonds is 10. The van der Waals surface area contributed by atoms with Gasteiger partial charge in [0.1, 0.15) is 0 Å². The summed E-state index contributed by atoms with van der Waals surface area (Å²) in [6, 6.07) is 10.6. The second-order valence-corrected chi connectivity index (χ2v) is 7.48. The molecule has 1 N–H and O–H groups in total. The second-order valence-electron chi connectivity index (χ2n) is 7.07. The Balaban J connectivity index is 1.85. The number of hydrogen-bond acceptors (Lipinski definition) is 6. The third-order valence-electron chi connectivity index (χ3n) is 4.43. The molecule has 0 atom stereocenters. The normalized spacial score (nSPS) is 10.6. The summed E-state index contributed by atoms with van der Waals surface area (Å²) in [4.78, 5) is 37.5. The molecule has 0 aliphatic heterocycles. The molecule has 0 saturated heterocycles. The number of carbonyl (C=O) groups excluding carboxylic acids is 3. The van der Waals surface area contributed by atoms with E-state index in [0.717, 1.165) is 5.56 Å². The van der Waals surface area contributed by atoms with Gasteiger partial charge >= 0.3 is 5.97 Å². The van der Waals surface area contributed by atoms with Gasteiger partial charge in [-0.1, -0.05) is 29.3 Å². The van der Waals surface area contributed by atoms with Crippen LogP contribution in [0.1, 0.15) is 18.1 Å². The molecule has 0 spiro atoms. The van der Waals surface area contributed by atoms with E-state index in [1.807, 2.05) is 26.0 Å². The van der Waals surface area contributed by atoms with E-state index in [1.165, 1.54) is 31.2 Å². The van der Waals surface area contributed by atoms with Crippen molar-refractivity contribution in [3.05, 3.63) is 58.6 Å². The van der Waals surface area contributed by atoms with E-state index in [2.05, 4.69) is 5.32 Å². The summed E-state index contributed by atoms with van der Waals surface area (Å²) >= 11 is 6.18. The zero-order chi connectivity index (χ0) is 24.4. The van der Waals surface area contributed by atoms with E-state index in [-0.39, 0.29) is 12.5 Å². The Bertz CT molecular complexity index is 1020. The summed E-state index contributed by atoms with van der Waals surface area (Å²) < 4.78 is 15.7. The molecular formula is C24H27ClN2O6. The SMILES string of the molecule is CCOc1cc(/C=C/C(=O)OCC(=O)N(C)CC(=O)Nc2ccc(C)cc2)cc(Cl)c1OC. The van der Waals surface area contributed by atoms with E-state index >= 15 is 0 Å². The van der Waals surface area contributed by atoms with Crippen molar-refractivity contribution < 1.29 is 28.6 Å². The van der Waals surface area contributed by atoms with Crippen molar-refractivity contribution in [2.45, 2.75) is 13.8 Å². The van der Waals surface area contributed by atoms with Crippen LogP contribution in [-0.2, 0) is 19.1 Å². The van der Waals surface area contributed by atoms with Gasteiger partial charge in [-0.2, -0.15) is 0 Å². The van der Waals surface area contributed by atoms with Crippen molar-refractivity contribution >= 4 is 41.1 Å². The quantitative estimate of drug-likeness (QED) is 0.416. The highest BCUT2D eigenvalue weighted by atomic mass is 35.5. The third-order valence-corrected chi connectivity index (χ3v) is 4.71. The fourth-order valence-electron chi connectivity index (χ4n) is 2.74. The van der Waals surface area contributed by atoms with Crippen LogP contribution in [-0.4, -0.2) is 56.6 Å². The number of methoxy groups -OCH3 is 1. The molecule has 0 saturated carbocycles. The fourth-order valence-corrected chi connectivity index (χ4v) is 3.04. The second kappa shape index (κ2) is 12.5. The predicted octanol–water partition coefficient (Wildman–Crippen LogP) is 3.71. The van der Waals surface area contributed by atoms with Crippen molar-refractivity contribution in [2.75, 3.05) is 39.2 Å². The van der Waals surface area contributed by atoms with Crippen molar-refractivity contribution in [3.8, 4) is 11.5 Å². The molecule has 2 rings (SSSR count). The van der Waals surface area contributed by atoms with Gasteiger partial charge < -0.3 is 24.4 Å². The molecule has 0 bridgehead atoms. The minimum absolute atomic E-state index is 0.176. The van der Waals surface area contributed by atoms with Crippen molar-refractivity contribution in [1.29, 1.82) is 0 Å². The molecule has 33 heavy (non-hydrogen) atoms. The fraction of sp³-hybridized carbons (Fsp3) is 0.292. The number of anilines is 1. The van der Waals surface area contributed by atoms with E-state index in [1.54, 1.807) is 24.3 Å². The van der Waals surface area contributed by atoms with Crippen LogP contribution in [0.5, 0.6) is 11.5 Å². The van der Waals surface area contributed by atoms with Gasteiger partial charge in [0, 0.05) is 18.8 Å². The number of amides is 2. The van der Waals surface area contributed by atoms with Crippen LogP contribution in [0.25, 0.3) is 6.08 Å². The van der Waals surface area contributed by atoms with E-state index in [4.69, 9.17) is 25.8 Å². The van der Waals surface area contributed by atoms with Crippen LogP contribution in [0.15, 0.2) is 42.5 Å².